The number of Topliss-reactive ketones (excluding diaryl/α,β-unsaturated/α-hetero) is 2. The molecule has 0 amide bonds. The molecule has 0 aliphatic carbocycles. The van der Waals surface area contributed by atoms with Crippen molar-refractivity contribution in [3.8, 4) is 0 Å². The van der Waals surface area contributed by atoms with E-state index in [9.17, 15) is 45.5 Å². The van der Waals surface area contributed by atoms with Gasteiger partial charge in [-0.15, -0.1) is 0 Å². The molecule has 2 atom stereocenters. The third kappa shape index (κ3) is 5.99. The zero-order valence-electron chi connectivity index (χ0n) is 13.9. The van der Waals surface area contributed by atoms with Gasteiger partial charge in [0.05, 0.1) is 13.2 Å². The molecule has 0 aliphatic rings. The molecule has 6 nitrogen and oxygen atoms in total. The Balaban J connectivity index is 6.14. The summed E-state index contributed by atoms with van der Waals surface area (Å²) in [6.07, 6.45) is -11.2. The van der Waals surface area contributed by atoms with Crippen LogP contribution >= 0.6 is 0 Å². The van der Waals surface area contributed by atoms with Gasteiger partial charge < -0.3 is 9.47 Å². The molecule has 0 aromatic heterocycles. The molecule has 0 heterocycles. The van der Waals surface area contributed by atoms with Crippen LogP contribution in [0.25, 0.3) is 0 Å². The average molecular weight is 394 g/mol. The molecule has 0 aliphatic heterocycles. The third-order valence-corrected chi connectivity index (χ3v) is 3.26. The number of hydrogen-bond acceptors (Lipinski definition) is 6. The van der Waals surface area contributed by atoms with E-state index in [-0.39, 0.29) is 0 Å². The van der Waals surface area contributed by atoms with Gasteiger partial charge in [0.15, 0.2) is 0 Å². The standard InChI is InChI=1S/C14H16F6O6/c1-4-25-11(23)7(9(21)13(15,16)17)6(3)8(12(24)26-5-2)10(22)14(18,19)20/h6-8H,4-5H2,1-3H3. The summed E-state index contributed by atoms with van der Waals surface area (Å²) in [6, 6.07) is 0. The van der Waals surface area contributed by atoms with Crippen LogP contribution in [0.2, 0.25) is 0 Å². The Morgan fingerprint density at radius 2 is 1.00 bits per heavy atom. The third-order valence-electron chi connectivity index (χ3n) is 3.26. The van der Waals surface area contributed by atoms with E-state index in [1.807, 2.05) is 0 Å². The minimum absolute atomic E-state index is 0.482. The maximum atomic E-state index is 12.7. The van der Waals surface area contributed by atoms with Gasteiger partial charge in [-0.3, -0.25) is 19.2 Å². The normalized spacial score (nSPS) is 15.6. The second-order valence-electron chi connectivity index (χ2n) is 5.04. The van der Waals surface area contributed by atoms with Gasteiger partial charge in [-0.05, 0) is 19.8 Å². The van der Waals surface area contributed by atoms with Crippen LogP contribution in [0, 0.1) is 17.8 Å². The van der Waals surface area contributed by atoms with Gasteiger partial charge in [-0.2, -0.15) is 26.3 Å². The highest BCUT2D eigenvalue weighted by Crippen LogP contribution is 2.34. The van der Waals surface area contributed by atoms with Crippen molar-refractivity contribution in [2.75, 3.05) is 13.2 Å². The van der Waals surface area contributed by atoms with Crippen molar-refractivity contribution >= 4 is 23.5 Å². The number of carbonyl (C=O) groups is 4. The van der Waals surface area contributed by atoms with Gasteiger partial charge in [0.25, 0.3) is 11.6 Å². The summed E-state index contributed by atoms with van der Waals surface area (Å²) in [7, 11) is 0. The number of ketones is 2. The molecule has 0 bridgehead atoms. The molecule has 0 N–H and O–H groups in total. The molecule has 0 aromatic carbocycles. The molecule has 26 heavy (non-hydrogen) atoms. The fourth-order valence-corrected chi connectivity index (χ4v) is 2.13. The van der Waals surface area contributed by atoms with Crippen molar-refractivity contribution in [2.45, 2.75) is 33.1 Å². The van der Waals surface area contributed by atoms with Gasteiger partial charge in [-0.1, -0.05) is 6.92 Å². The van der Waals surface area contributed by atoms with Crippen LogP contribution in [-0.2, 0) is 28.7 Å². The summed E-state index contributed by atoms with van der Waals surface area (Å²) in [5.74, 6) is -17.0. The minimum Gasteiger partial charge on any atom is -0.465 e. The van der Waals surface area contributed by atoms with E-state index >= 15 is 0 Å². The summed E-state index contributed by atoms with van der Waals surface area (Å²) in [4.78, 5) is 46.5. The zero-order valence-corrected chi connectivity index (χ0v) is 13.9. The summed E-state index contributed by atoms with van der Waals surface area (Å²) >= 11 is 0. The topological polar surface area (TPSA) is 86.7 Å². The van der Waals surface area contributed by atoms with E-state index in [0.29, 0.717) is 6.92 Å². The Morgan fingerprint density at radius 1 is 0.731 bits per heavy atom. The Kier molecular flexibility index (Phi) is 8.25. The van der Waals surface area contributed by atoms with Gasteiger partial charge in [0.2, 0.25) is 0 Å². The van der Waals surface area contributed by atoms with E-state index < -0.39 is 66.8 Å². The monoisotopic (exact) mass is 394 g/mol. The molecule has 2 unspecified atom stereocenters. The van der Waals surface area contributed by atoms with Crippen LogP contribution in [0.3, 0.4) is 0 Å². The lowest BCUT2D eigenvalue weighted by molar-refractivity contribution is -0.190. The van der Waals surface area contributed by atoms with Crippen LogP contribution in [-0.4, -0.2) is 49.1 Å². The predicted molar refractivity (Wildman–Crippen MR) is 71.5 cm³/mol. The second kappa shape index (κ2) is 8.99. The van der Waals surface area contributed by atoms with E-state index in [2.05, 4.69) is 9.47 Å². The van der Waals surface area contributed by atoms with Crippen molar-refractivity contribution in [1.29, 1.82) is 0 Å². The van der Waals surface area contributed by atoms with Gasteiger partial charge in [0, 0.05) is 0 Å². The molecule has 0 spiro atoms. The van der Waals surface area contributed by atoms with E-state index in [4.69, 9.17) is 0 Å². The van der Waals surface area contributed by atoms with Crippen molar-refractivity contribution in [3.05, 3.63) is 0 Å². The summed E-state index contributed by atoms with van der Waals surface area (Å²) < 4.78 is 84.9. The fourth-order valence-electron chi connectivity index (χ4n) is 2.13. The van der Waals surface area contributed by atoms with Crippen LogP contribution in [0.5, 0.6) is 0 Å². The lowest BCUT2D eigenvalue weighted by atomic mass is 9.78. The fraction of sp³-hybridized carbons (Fsp3) is 0.714. The molecule has 150 valence electrons. The van der Waals surface area contributed by atoms with E-state index in [0.717, 1.165) is 0 Å². The van der Waals surface area contributed by atoms with Gasteiger partial charge in [-0.25, -0.2) is 0 Å². The molecular formula is C14H16F6O6. The summed E-state index contributed by atoms with van der Waals surface area (Å²) in [5.41, 5.74) is 0. The molecule has 0 saturated heterocycles. The Labute approximate surface area is 143 Å². The number of rotatable bonds is 8. The molecule has 0 radical (unpaired) electrons. The van der Waals surface area contributed by atoms with Crippen LogP contribution in [0.1, 0.15) is 20.8 Å². The first kappa shape index (κ1) is 23.9. The highest BCUT2D eigenvalue weighted by Gasteiger charge is 2.56. The quantitative estimate of drug-likeness (QED) is 0.357. The smallest absolute Gasteiger partial charge is 0.450 e. The van der Waals surface area contributed by atoms with Crippen LogP contribution < -0.4 is 0 Å². The van der Waals surface area contributed by atoms with Crippen molar-refractivity contribution < 1.29 is 55.0 Å². The predicted octanol–water partition coefficient (Wildman–Crippen LogP) is 2.24. The van der Waals surface area contributed by atoms with Crippen molar-refractivity contribution in [3.63, 3.8) is 0 Å². The van der Waals surface area contributed by atoms with E-state index in [1.165, 1.54) is 13.8 Å². The first-order valence-electron chi connectivity index (χ1n) is 7.25. The largest absolute Gasteiger partial charge is 0.465 e. The molecule has 0 fully saturated rings. The maximum Gasteiger partial charge on any atom is 0.450 e. The maximum absolute atomic E-state index is 12.7. The highest BCUT2D eigenvalue weighted by atomic mass is 19.4. The lowest BCUT2D eigenvalue weighted by Gasteiger charge is -2.27. The molecule has 12 heteroatoms. The van der Waals surface area contributed by atoms with Gasteiger partial charge >= 0.3 is 24.3 Å². The molecular weight excluding hydrogens is 378 g/mol. The van der Waals surface area contributed by atoms with Crippen LogP contribution in [0.4, 0.5) is 26.3 Å². The minimum atomic E-state index is -5.60. The van der Waals surface area contributed by atoms with E-state index in [1.54, 1.807) is 0 Å². The average Bonchev–Trinajstić information content (AvgIpc) is 2.46. The lowest BCUT2D eigenvalue weighted by Crippen LogP contribution is -2.48. The number of alkyl halides is 6. The highest BCUT2D eigenvalue weighted by molar-refractivity contribution is 6.06. The number of carbonyl (C=O) groups excluding carboxylic acids is 4. The second-order valence-corrected chi connectivity index (χ2v) is 5.04. The number of ether oxygens (including phenoxy) is 2. The van der Waals surface area contributed by atoms with Crippen molar-refractivity contribution in [1.82, 2.24) is 0 Å². The van der Waals surface area contributed by atoms with Crippen LogP contribution in [0.15, 0.2) is 0 Å². The molecule has 0 rings (SSSR count). The van der Waals surface area contributed by atoms with Gasteiger partial charge in [0.1, 0.15) is 11.8 Å². The zero-order chi connectivity index (χ0) is 20.9. The first-order valence-corrected chi connectivity index (χ1v) is 7.25. The van der Waals surface area contributed by atoms with Crippen molar-refractivity contribution in [2.24, 2.45) is 17.8 Å². The first-order chi connectivity index (χ1) is 11.7. The Hall–Kier alpha value is -2.14. The Bertz CT molecular complexity index is 505. The number of halogens is 6. The SMILES string of the molecule is CCOC(=O)C(C(=O)C(F)(F)F)C(C)C(C(=O)OCC)C(=O)C(F)(F)F. The molecule has 0 saturated carbocycles. The summed E-state index contributed by atoms with van der Waals surface area (Å²) in [5, 5.41) is 0. The Morgan fingerprint density at radius 3 is 1.19 bits per heavy atom. The number of esters is 2. The number of hydrogen-bond donors (Lipinski definition) is 0. The summed E-state index contributed by atoms with van der Waals surface area (Å²) in [6.45, 7) is 1.97. The molecule has 0 aromatic rings.